The number of amides is 1. The first-order valence-corrected chi connectivity index (χ1v) is 6.66. The molecule has 1 amide bonds. The minimum absolute atomic E-state index is 0.0576. The van der Waals surface area contributed by atoms with Crippen LogP contribution in [0.2, 0.25) is 0 Å². The number of non-ortho nitro benzene ring substituents is 1. The zero-order valence-corrected chi connectivity index (χ0v) is 11.9. The number of aryl methyl sites for hydroxylation is 1. The van der Waals surface area contributed by atoms with E-state index >= 15 is 0 Å². The predicted molar refractivity (Wildman–Crippen MR) is 73.2 cm³/mol. The average Bonchev–Trinajstić information content (AvgIpc) is 2.35. The van der Waals surface area contributed by atoms with Gasteiger partial charge in [-0.25, -0.2) is 0 Å². The van der Waals surface area contributed by atoms with Crippen molar-refractivity contribution in [1.82, 2.24) is 4.90 Å². The number of hydrogen-bond donors (Lipinski definition) is 0. The molecule has 0 aliphatic heterocycles. The van der Waals surface area contributed by atoms with Crippen LogP contribution in [0.5, 0.6) is 0 Å². The Hall–Kier alpha value is -1.43. The average molecular weight is 315 g/mol. The Morgan fingerprint density at radius 2 is 2.17 bits per heavy atom. The molecular formula is C12H15BrN2O3. The van der Waals surface area contributed by atoms with Crippen LogP contribution in [0.4, 0.5) is 5.69 Å². The van der Waals surface area contributed by atoms with Crippen LogP contribution in [0.3, 0.4) is 0 Å². The Balaban J connectivity index is 2.97. The highest BCUT2D eigenvalue weighted by Gasteiger charge is 2.17. The van der Waals surface area contributed by atoms with E-state index in [0.29, 0.717) is 12.1 Å². The largest absolute Gasteiger partial charge is 0.342 e. The third kappa shape index (κ3) is 3.53. The maximum absolute atomic E-state index is 12.1. The van der Waals surface area contributed by atoms with Crippen molar-refractivity contribution in [1.29, 1.82) is 0 Å². The second kappa shape index (κ2) is 6.49. The summed E-state index contributed by atoms with van der Waals surface area (Å²) in [5.41, 5.74) is 1.08. The van der Waals surface area contributed by atoms with Crippen LogP contribution in [0.25, 0.3) is 0 Å². The number of carbonyl (C=O) groups excluding carboxylic acids is 1. The molecule has 0 aliphatic carbocycles. The van der Waals surface area contributed by atoms with E-state index in [4.69, 9.17) is 0 Å². The lowest BCUT2D eigenvalue weighted by Gasteiger charge is -2.17. The topological polar surface area (TPSA) is 63.5 Å². The standard InChI is InChI=1S/C12H15BrN2O3/c1-9-4-5-10(15(17)18)8-11(9)12(16)14(2)7-3-6-13/h4-5,8H,3,6-7H2,1-2H3. The summed E-state index contributed by atoms with van der Waals surface area (Å²) in [6.07, 6.45) is 0.843. The molecule has 0 radical (unpaired) electrons. The van der Waals surface area contributed by atoms with Gasteiger partial charge in [0.25, 0.3) is 11.6 Å². The van der Waals surface area contributed by atoms with Gasteiger partial charge in [0.15, 0.2) is 0 Å². The highest BCUT2D eigenvalue weighted by molar-refractivity contribution is 9.09. The molecule has 0 atom stereocenters. The molecule has 1 aromatic rings. The van der Waals surface area contributed by atoms with Crippen LogP contribution in [-0.2, 0) is 0 Å². The van der Waals surface area contributed by atoms with Crippen LogP contribution in [-0.4, -0.2) is 34.7 Å². The van der Waals surface area contributed by atoms with E-state index in [1.54, 1.807) is 24.9 Å². The van der Waals surface area contributed by atoms with Crippen molar-refractivity contribution in [2.45, 2.75) is 13.3 Å². The van der Waals surface area contributed by atoms with Gasteiger partial charge in [0.2, 0.25) is 0 Å². The highest BCUT2D eigenvalue weighted by atomic mass is 79.9. The monoisotopic (exact) mass is 314 g/mol. The third-order valence-electron chi connectivity index (χ3n) is 2.64. The fourth-order valence-corrected chi connectivity index (χ4v) is 1.81. The van der Waals surface area contributed by atoms with Gasteiger partial charge in [-0.15, -0.1) is 0 Å². The lowest BCUT2D eigenvalue weighted by Crippen LogP contribution is -2.28. The van der Waals surface area contributed by atoms with E-state index in [2.05, 4.69) is 15.9 Å². The number of nitro groups is 1. The second-order valence-electron chi connectivity index (χ2n) is 4.03. The number of nitrogens with zero attached hydrogens (tertiary/aromatic N) is 2. The van der Waals surface area contributed by atoms with E-state index in [1.165, 1.54) is 12.1 Å². The maximum Gasteiger partial charge on any atom is 0.270 e. The molecule has 0 saturated heterocycles. The van der Waals surface area contributed by atoms with Crippen LogP contribution in [0.15, 0.2) is 18.2 Å². The fourth-order valence-electron chi connectivity index (χ4n) is 1.56. The van der Waals surface area contributed by atoms with Gasteiger partial charge >= 0.3 is 0 Å². The Morgan fingerprint density at radius 3 is 2.72 bits per heavy atom. The van der Waals surface area contributed by atoms with E-state index in [-0.39, 0.29) is 11.6 Å². The fraction of sp³-hybridized carbons (Fsp3) is 0.417. The smallest absolute Gasteiger partial charge is 0.270 e. The van der Waals surface area contributed by atoms with Gasteiger partial charge in [-0.1, -0.05) is 22.0 Å². The zero-order valence-electron chi connectivity index (χ0n) is 10.4. The molecule has 0 fully saturated rings. The molecule has 6 heteroatoms. The van der Waals surface area contributed by atoms with E-state index in [1.807, 2.05) is 0 Å². The van der Waals surface area contributed by atoms with Crippen molar-refractivity contribution >= 4 is 27.5 Å². The van der Waals surface area contributed by atoms with E-state index in [0.717, 1.165) is 17.3 Å². The van der Waals surface area contributed by atoms with Gasteiger partial charge in [-0.3, -0.25) is 14.9 Å². The number of benzene rings is 1. The molecule has 1 rings (SSSR count). The molecule has 0 aromatic heterocycles. The summed E-state index contributed by atoms with van der Waals surface area (Å²) in [5.74, 6) is -0.183. The summed E-state index contributed by atoms with van der Waals surface area (Å²) >= 11 is 3.30. The Bertz CT molecular complexity index is 463. The molecule has 18 heavy (non-hydrogen) atoms. The zero-order chi connectivity index (χ0) is 13.7. The summed E-state index contributed by atoms with van der Waals surface area (Å²) in [6.45, 7) is 2.39. The van der Waals surface area contributed by atoms with Crippen molar-refractivity contribution in [3.05, 3.63) is 39.4 Å². The first-order valence-electron chi connectivity index (χ1n) is 5.54. The summed E-state index contributed by atoms with van der Waals surface area (Å²) < 4.78 is 0. The summed E-state index contributed by atoms with van der Waals surface area (Å²) in [7, 11) is 1.70. The van der Waals surface area contributed by atoms with Crippen LogP contribution >= 0.6 is 15.9 Å². The second-order valence-corrected chi connectivity index (χ2v) is 4.82. The molecule has 0 heterocycles. The van der Waals surface area contributed by atoms with E-state index in [9.17, 15) is 14.9 Å². The SMILES string of the molecule is Cc1ccc([N+](=O)[O-])cc1C(=O)N(C)CCCBr. The van der Waals surface area contributed by atoms with Crippen LogP contribution in [0, 0.1) is 17.0 Å². The molecule has 0 bridgehead atoms. The van der Waals surface area contributed by atoms with Gasteiger partial charge in [0.1, 0.15) is 0 Å². The van der Waals surface area contributed by atoms with Gasteiger partial charge < -0.3 is 4.90 Å². The highest BCUT2D eigenvalue weighted by Crippen LogP contribution is 2.18. The number of alkyl halides is 1. The lowest BCUT2D eigenvalue weighted by molar-refractivity contribution is -0.384. The van der Waals surface area contributed by atoms with Crippen molar-refractivity contribution in [3.8, 4) is 0 Å². The third-order valence-corrected chi connectivity index (χ3v) is 3.20. The van der Waals surface area contributed by atoms with Crippen LogP contribution < -0.4 is 0 Å². The Morgan fingerprint density at radius 1 is 1.50 bits per heavy atom. The number of halogens is 1. The minimum atomic E-state index is -0.491. The molecule has 0 aliphatic rings. The molecule has 0 saturated carbocycles. The molecule has 0 spiro atoms. The van der Waals surface area contributed by atoms with Crippen molar-refractivity contribution < 1.29 is 9.72 Å². The van der Waals surface area contributed by atoms with Gasteiger partial charge in [0, 0.05) is 36.6 Å². The first-order chi connectivity index (χ1) is 8.47. The lowest BCUT2D eigenvalue weighted by atomic mass is 10.1. The quantitative estimate of drug-likeness (QED) is 0.477. The van der Waals surface area contributed by atoms with Gasteiger partial charge in [0.05, 0.1) is 4.92 Å². The maximum atomic E-state index is 12.1. The van der Waals surface area contributed by atoms with Crippen molar-refractivity contribution in [2.75, 3.05) is 18.9 Å². The van der Waals surface area contributed by atoms with Crippen molar-refractivity contribution in [2.24, 2.45) is 0 Å². The number of rotatable bonds is 5. The normalized spacial score (nSPS) is 10.2. The van der Waals surface area contributed by atoms with E-state index < -0.39 is 4.92 Å². The summed E-state index contributed by atoms with van der Waals surface area (Å²) in [5, 5.41) is 11.5. The molecule has 5 nitrogen and oxygen atoms in total. The van der Waals surface area contributed by atoms with Crippen molar-refractivity contribution in [3.63, 3.8) is 0 Å². The Labute approximate surface area is 114 Å². The van der Waals surface area contributed by atoms with Gasteiger partial charge in [-0.2, -0.15) is 0 Å². The molecule has 0 unspecified atom stereocenters. The molecule has 98 valence electrons. The molecule has 0 N–H and O–H groups in total. The molecule has 1 aromatic carbocycles. The summed E-state index contributed by atoms with van der Waals surface area (Å²) in [4.78, 5) is 23.9. The number of hydrogen-bond acceptors (Lipinski definition) is 3. The Kier molecular flexibility index (Phi) is 5.27. The number of nitro benzene ring substituents is 1. The predicted octanol–water partition coefficient (Wildman–Crippen LogP) is 2.76. The van der Waals surface area contributed by atoms with Gasteiger partial charge in [-0.05, 0) is 18.9 Å². The molecular weight excluding hydrogens is 300 g/mol. The first kappa shape index (κ1) is 14.6. The minimum Gasteiger partial charge on any atom is -0.342 e. The summed E-state index contributed by atoms with van der Waals surface area (Å²) in [6, 6.07) is 4.34. The number of carbonyl (C=O) groups is 1. The van der Waals surface area contributed by atoms with Crippen LogP contribution in [0.1, 0.15) is 22.3 Å².